The fraction of sp³-hybridized carbons (Fsp3) is 0.185. The van der Waals surface area contributed by atoms with Crippen molar-refractivity contribution in [2.45, 2.75) is 25.7 Å². The Balaban J connectivity index is 1.56. The number of allylic oxidation sites excluding steroid dienone is 1. The highest BCUT2D eigenvalue weighted by Gasteiger charge is 2.32. The summed E-state index contributed by atoms with van der Waals surface area (Å²) in [7, 11) is 0. The van der Waals surface area contributed by atoms with Crippen molar-refractivity contribution in [3.05, 3.63) is 101 Å². The molecule has 0 aliphatic carbocycles. The summed E-state index contributed by atoms with van der Waals surface area (Å²) in [5, 5.41) is 9.62. The summed E-state index contributed by atoms with van der Waals surface area (Å²) >= 11 is 0. The third-order valence-corrected chi connectivity index (χ3v) is 5.47. The van der Waals surface area contributed by atoms with Gasteiger partial charge in [0.05, 0.1) is 18.1 Å². The lowest BCUT2D eigenvalue weighted by Gasteiger charge is -2.27. The second kappa shape index (κ2) is 10.1. The maximum Gasteiger partial charge on any atom is 0.343 e. The molecule has 2 N–H and O–H groups in total. The van der Waals surface area contributed by atoms with Gasteiger partial charge in [0.25, 0.3) is 0 Å². The molecule has 34 heavy (non-hydrogen) atoms. The van der Waals surface area contributed by atoms with E-state index >= 15 is 0 Å². The van der Waals surface area contributed by atoms with Gasteiger partial charge in [-0.15, -0.1) is 0 Å². The standard InChI is InChI=1S/C27H23FN2O4/c1-2-3-14-32-18-10-8-17(9-11-18)27(31)33-19-12-13-21-24(15-19)34-26(30)22(16-29)25(21)20-6-4-5-7-23(20)28/h4-13,15,25H,2-3,14,30H2,1H3. The highest BCUT2D eigenvalue weighted by Crippen LogP contribution is 2.44. The average Bonchev–Trinajstić information content (AvgIpc) is 2.84. The van der Waals surface area contributed by atoms with Crippen molar-refractivity contribution in [3.8, 4) is 23.3 Å². The van der Waals surface area contributed by atoms with E-state index in [1.54, 1.807) is 54.6 Å². The lowest BCUT2D eigenvalue weighted by molar-refractivity contribution is 0.0734. The van der Waals surface area contributed by atoms with Gasteiger partial charge in [-0.2, -0.15) is 5.26 Å². The number of rotatable bonds is 7. The third-order valence-electron chi connectivity index (χ3n) is 5.47. The van der Waals surface area contributed by atoms with Crippen LogP contribution in [0.15, 0.2) is 78.2 Å². The Bertz CT molecular complexity index is 1280. The second-order valence-electron chi connectivity index (χ2n) is 7.76. The molecule has 1 heterocycles. The van der Waals surface area contributed by atoms with Crippen molar-refractivity contribution < 1.29 is 23.4 Å². The van der Waals surface area contributed by atoms with E-state index in [1.165, 1.54) is 12.1 Å². The molecule has 7 heteroatoms. The van der Waals surface area contributed by atoms with E-state index in [4.69, 9.17) is 19.9 Å². The van der Waals surface area contributed by atoms with E-state index in [0.29, 0.717) is 29.0 Å². The van der Waals surface area contributed by atoms with Crippen LogP contribution in [0, 0.1) is 17.1 Å². The maximum absolute atomic E-state index is 14.6. The van der Waals surface area contributed by atoms with Crippen LogP contribution >= 0.6 is 0 Å². The minimum absolute atomic E-state index is 0.114. The Morgan fingerprint density at radius 3 is 2.53 bits per heavy atom. The predicted octanol–water partition coefficient (Wildman–Crippen LogP) is 5.44. The van der Waals surface area contributed by atoms with E-state index in [2.05, 4.69) is 6.92 Å². The number of halogens is 1. The van der Waals surface area contributed by atoms with Crippen LogP contribution in [0.1, 0.15) is 47.2 Å². The molecule has 0 spiro atoms. The fourth-order valence-corrected chi connectivity index (χ4v) is 3.72. The number of esters is 1. The van der Waals surface area contributed by atoms with Crippen molar-refractivity contribution in [1.29, 1.82) is 5.26 Å². The predicted molar refractivity (Wildman–Crippen MR) is 124 cm³/mol. The summed E-state index contributed by atoms with van der Waals surface area (Å²) in [4.78, 5) is 12.6. The molecule has 6 nitrogen and oxygen atoms in total. The zero-order valence-electron chi connectivity index (χ0n) is 18.6. The number of nitriles is 1. The Hall–Kier alpha value is -4.31. The normalized spacial score (nSPS) is 14.6. The Morgan fingerprint density at radius 2 is 1.82 bits per heavy atom. The summed E-state index contributed by atoms with van der Waals surface area (Å²) in [5.41, 5.74) is 7.30. The average molecular weight is 458 g/mol. The molecular weight excluding hydrogens is 435 g/mol. The first-order valence-electron chi connectivity index (χ1n) is 10.9. The van der Waals surface area contributed by atoms with Gasteiger partial charge in [0.1, 0.15) is 34.7 Å². The zero-order valence-corrected chi connectivity index (χ0v) is 18.6. The first kappa shape index (κ1) is 22.9. The quantitative estimate of drug-likeness (QED) is 0.288. The summed E-state index contributed by atoms with van der Waals surface area (Å²) < 4.78 is 31.3. The van der Waals surface area contributed by atoms with Gasteiger partial charge in [-0.05, 0) is 42.8 Å². The van der Waals surface area contributed by atoms with Crippen molar-refractivity contribution in [3.63, 3.8) is 0 Å². The molecule has 0 radical (unpaired) electrons. The number of fused-ring (bicyclic) bond motifs is 1. The molecule has 0 amide bonds. The van der Waals surface area contributed by atoms with Gasteiger partial charge in [-0.25, -0.2) is 9.18 Å². The minimum Gasteiger partial charge on any atom is -0.494 e. The van der Waals surface area contributed by atoms with Crippen LogP contribution in [0.3, 0.4) is 0 Å². The summed E-state index contributed by atoms with van der Waals surface area (Å²) in [6.45, 7) is 2.70. The van der Waals surface area contributed by atoms with Gasteiger partial charge < -0.3 is 19.9 Å². The van der Waals surface area contributed by atoms with Crippen LogP contribution in [-0.4, -0.2) is 12.6 Å². The topological polar surface area (TPSA) is 94.6 Å². The third kappa shape index (κ3) is 4.71. The maximum atomic E-state index is 14.6. The molecule has 0 aromatic heterocycles. The number of carbonyl (C=O) groups is 1. The summed E-state index contributed by atoms with van der Waals surface area (Å²) in [6, 6.07) is 19.6. The van der Waals surface area contributed by atoms with Crippen LogP contribution in [0.2, 0.25) is 0 Å². The number of hydrogen-bond donors (Lipinski definition) is 1. The first-order valence-corrected chi connectivity index (χ1v) is 10.9. The van der Waals surface area contributed by atoms with Crippen LogP contribution in [0.5, 0.6) is 17.2 Å². The van der Waals surface area contributed by atoms with Gasteiger partial charge in [-0.3, -0.25) is 0 Å². The fourth-order valence-electron chi connectivity index (χ4n) is 3.72. The van der Waals surface area contributed by atoms with Crippen molar-refractivity contribution >= 4 is 5.97 Å². The summed E-state index contributed by atoms with van der Waals surface area (Å²) in [6.07, 6.45) is 1.99. The van der Waals surface area contributed by atoms with Gasteiger partial charge >= 0.3 is 5.97 Å². The molecule has 4 rings (SSSR count). The molecule has 0 saturated carbocycles. The number of nitrogens with zero attached hydrogens (tertiary/aromatic N) is 1. The highest BCUT2D eigenvalue weighted by molar-refractivity contribution is 5.91. The summed E-state index contributed by atoms with van der Waals surface area (Å²) in [5.74, 6) is -0.671. The van der Waals surface area contributed by atoms with Crippen LogP contribution in [-0.2, 0) is 0 Å². The Labute approximate surface area is 197 Å². The molecule has 0 bridgehead atoms. The highest BCUT2D eigenvalue weighted by atomic mass is 19.1. The van der Waals surface area contributed by atoms with E-state index in [1.807, 2.05) is 6.07 Å². The molecule has 1 aliphatic heterocycles. The molecule has 1 atom stereocenters. The SMILES string of the molecule is CCCCOc1ccc(C(=O)Oc2ccc3c(c2)OC(N)=C(C#N)C3c2ccccc2F)cc1. The van der Waals surface area contributed by atoms with Gasteiger partial charge in [-0.1, -0.05) is 37.6 Å². The lowest BCUT2D eigenvalue weighted by Crippen LogP contribution is -2.21. The number of ether oxygens (including phenoxy) is 3. The van der Waals surface area contributed by atoms with Crippen LogP contribution in [0.25, 0.3) is 0 Å². The second-order valence-corrected chi connectivity index (χ2v) is 7.76. The van der Waals surface area contributed by atoms with Gasteiger partial charge in [0, 0.05) is 17.2 Å². The van der Waals surface area contributed by atoms with Crippen molar-refractivity contribution in [2.75, 3.05) is 6.61 Å². The zero-order chi connectivity index (χ0) is 24.1. The number of carbonyl (C=O) groups excluding carboxylic acids is 1. The van der Waals surface area contributed by atoms with E-state index in [-0.39, 0.29) is 23.0 Å². The molecule has 0 saturated heterocycles. The molecule has 1 aliphatic rings. The largest absolute Gasteiger partial charge is 0.494 e. The lowest BCUT2D eigenvalue weighted by atomic mass is 9.83. The van der Waals surface area contributed by atoms with Crippen molar-refractivity contribution in [1.82, 2.24) is 0 Å². The van der Waals surface area contributed by atoms with Gasteiger partial charge in [0.2, 0.25) is 5.88 Å². The monoisotopic (exact) mass is 458 g/mol. The molecule has 172 valence electrons. The molecule has 1 unspecified atom stereocenters. The van der Waals surface area contributed by atoms with Crippen LogP contribution in [0.4, 0.5) is 4.39 Å². The number of hydrogen-bond acceptors (Lipinski definition) is 6. The van der Waals surface area contributed by atoms with E-state index < -0.39 is 17.7 Å². The first-order chi connectivity index (χ1) is 16.5. The smallest absolute Gasteiger partial charge is 0.343 e. The van der Waals surface area contributed by atoms with E-state index in [0.717, 1.165) is 12.8 Å². The number of nitrogens with two attached hydrogens (primary N) is 1. The Kier molecular flexibility index (Phi) is 6.79. The minimum atomic E-state index is -0.736. The van der Waals surface area contributed by atoms with E-state index in [9.17, 15) is 14.4 Å². The number of benzene rings is 3. The molecular formula is C27H23FN2O4. The molecule has 3 aromatic carbocycles. The number of unbranched alkanes of at least 4 members (excludes halogenated alkanes) is 1. The van der Waals surface area contributed by atoms with Crippen molar-refractivity contribution in [2.24, 2.45) is 5.73 Å². The molecule has 0 fully saturated rings. The van der Waals surface area contributed by atoms with Gasteiger partial charge in [0.15, 0.2) is 0 Å². The van der Waals surface area contributed by atoms with Crippen LogP contribution < -0.4 is 19.9 Å². The Morgan fingerprint density at radius 1 is 1.09 bits per heavy atom. The molecule has 3 aromatic rings.